The Morgan fingerprint density at radius 3 is 2.29 bits per heavy atom. The van der Waals surface area contributed by atoms with E-state index in [4.69, 9.17) is 4.74 Å². The summed E-state index contributed by atoms with van der Waals surface area (Å²) in [6.07, 6.45) is 7.37. The van der Waals surface area contributed by atoms with Gasteiger partial charge in [0.15, 0.2) is 0 Å². The Balaban J connectivity index is 1.56. The monoisotopic (exact) mass is 514 g/mol. The van der Waals surface area contributed by atoms with E-state index in [2.05, 4.69) is 74.4 Å². The smallest absolute Gasteiger partial charge is 0.269 e. The lowest BCUT2D eigenvalue weighted by molar-refractivity contribution is -0.118. The van der Waals surface area contributed by atoms with Crippen LogP contribution in [0.5, 0.6) is 5.75 Å². The summed E-state index contributed by atoms with van der Waals surface area (Å²) in [5.41, 5.74) is 7.12. The molecule has 5 nitrogen and oxygen atoms in total. The minimum atomic E-state index is -0.187. The zero-order valence-corrected chi connectivity index (χ0v) is 23.6. The van der Waals surface area contributed by atoms with Crippen molar-refractivity contribution in [1.82, 2.24) is 10.3 Å². The number of carbonyl (C=O) groups excluding carboxylic acids is 2. The number of ether oxygens (including phenoxy) is 1. The molecule has 0 saturated carbocycles. The van der Waals surface area contributed by atoms with E-state index < -0.39 is 0 Å². The molecule has 1 N–H and O–H groups in total. The minimum Gasteiger partial charge on any atom is -0.493 e. The highest BCUT2D eigenvalue weighted by Crippen LogP contribution is 2.26. The van der Waals surface area contributed by atoms with E-state index in [0.29, 0.717) is 37.5 Å². The van der Waals surface area contributed by atoms with Crippen LogP contribution in [0.3, 0.4) is 0 Å². The summed E-state index contributed by atoms with van der Waals surface area (Å²) in [7, 11) is 1.60. The number of carbonyl (C=O) groups is 2. The number of hydrogen-bond acceptors (Lipinski definition) is 4. The number of benzene rings is 2. The average molecular weight is 515 g/mol. The first-order chi connectivity index (χ1) is 18.3. The van der Waals surface area contributed by atoms with Gasteiger partial charge in [0.1, 0.15) is 17.2 Å². The van der Waals surface area contributed by atoms with E-state index in [1.807, 2.05) is 12.1 Å². The Morgan fingerprint density at radius 1 is 0.921 bits per heavy atom. The number of Topliss-reactive ketones (excluding diaryl/α,β-unsaturated/α-hetero) is 1. The van der Waals surface area contributed by atoms with E-state index in [-0.39, 0.29) is 11.7 Å². The number of aromatic nitrogens is 1. The van der Waals surface area contributed by atoms with Crippen LogP contribution in [0.25, 0.3) is 0 Å². The lowest BCUT2D eigenvalue weighted by atomic mass is 9.97. The van der Waals surface area contributed by atoms with Gasteiger partial charge in [-0.15, -0.1) is 0 Å². The third kappa shape index (κ3) is 8.54. The molecule has 0 aliphatic heterocycles. The van der Waals surface area contributed by atoms with E-state index in [9.17, 15) is 9.59 Å². The molecule has 0 aliphatic carbocycles. The lowest BCUT2D eigenvalue weighted by Crippen LogP contribution is -2.19. The molecule has 1 amide bonds. The van der Waals surface area contributed by atoms with Crippen LogP contribution in [0, 0.1) is 19.8 Å². The molecule has 5 heteroatoms. The van der Waals surface area contributed by atoms with Gasteiger partial charge in [-0.3, -0.25) is 14.6 Å². The molecule has 0 spiro atoms. The Labute approximate surface area is 228 Å². The summed E-state index contributed by atoms with van der Waals surface area (Å²) in [5, 5.41) is 2.61. The molecular weight excluding hydrogens is 472 g/mol. The molecule has 0 atom stereocenters. The molecule has 0 aliphatic rings. The minimum absolute atomic E-state index is 0.187. The molecular formula is C33H42N2O3. The number of aryl methyl sites for hydroxylation is 3. The molecule has 38 heavy (non-hydrogen) atoms. The molecule has 0 saturated heterocycles. The Hall–Kier alpha value is -3.47. The van der Waals surface area contributed by atoms with Crippen molar-refractivity contribution in [3.05, 3.63) is 93.8 Å². The molecule has 3 aromatic rings. The van der Waals surface area contributed by atoms with E-state index in [0.717, 1.165) is 40.8 Å². The van der Waals surface area contributed by atoms with Gasteiger partial charge in [-0.1, -0.05) is 57.0 Å². The molecule has 1 heterocycles. The first kappa shape index (κ1) is 29.1. The first-order valence-corrected chi connectivity index (χ1v) is 13.8. The highest BCUT2D eigenvalue weighted by molar-refractivity contribution is 5.92. The quantitative estimate of drug-likeness (QED) is 0.263. The predicted molar refractivity (Wildman–Crippen MR) is 154 cm³/mol. The number of nitrogens with one attached hydrogen (secondary N) is 1. The fourth-order valence-electron chi connectivity index (χ4n) is 4.64. The van der Waals surface area contributed by atoms with Gasteiger partial charge in [0.2, 0.25) is 0 Å². The zero-order chi connectivity index (χ0) is 27.5. The number of amides is 1. The predicted octanol–water partition coefficient (Wildman–Crippen LogP) is 6.60. The Morgan fingerprint density at radius 2 is 1.61 bits per heavy atom. The zero-order valence-electron chi connectivity index (χ0n) is 23.6. The van der Waals surface area contributed by atoms with Crippen molar-refractivity contribution < 1.29 is 14.3 Å². The van der Waals surface area contributed by atoms with Gasteiger partial charge in [-0.2, -0.15) is 0 Å². The van der Waals surface area contributed by atoms with Gasteiger partial charge in [-0.05, 0) is 85.0 Å². The number of pyridine rings is 1. The SMILES string of the molecule is CCC(CC)CCOc1cc(C)c(C)cc1CC(=O)CCc1ccc(Cc2ccnc(C(=O)NC)c2)cc1. The van der Waals surface area contributed by atoms with Crippen LogP contribution in [-0.2, 0) is 24.1 Å². The highest BCUT2D eigenvalue weighted by Gasteiger charge is 2.13. The second kappa shape index (κ2) is 14.5. The van der Waals surface area contributed by atoms with Crippen molar-refractivity contribution in [2.24, 2.45) is 5.92 Å². The molecule has 202 valence electrons. The number of ketones is 1. The van der Waals surface area contributed by atoms with Gasteiger partial charge < -0.3 is 10.1 Å². The molecule has 1 aromatic heterocycles. The largest absolute Gasteiger partial charge is 0.493 e. The summed E-state index contributed by atoms with van der Waals surface area (Å²) < 4.78 is 6.18. The Bertz CT molecular complexity index is 1210. The fraction of sp³-hybridized carbons (Fsp3) is 0.424. The van der Waals surface area contributed by atoms with Crippen molar-refractivity contribution in [1.29, 1.82) is 0 Å². The first-order valence-electron chi connectivity index (χ1n) is 13.8. The molecule has 0 bridgehead atoms. The third-order valence-electron chi connectivity index (χ3n) is 7.41. The maximum Gasteiger partial charge on any atom is 0.269 e. The summed E-state index contributed by atoms with van der Waals surface area (Å²) in [5.74, 6) is 1.57. The highest BCUT2D eigenvalue weighted by atomic mass is 16.5. The Kier molecular flexibility index (Phi) is 11.1. The maximum absolute atomic E-state index is 12.9. The van der Waals surface area contributed by atoms with E-state index in [1.165, 1.54) is 24.0 Å². The molecule has 3 rings (SSSR count). The summed E-state index contributed by atoms with van der Waals surface area (Å²) in [6.45, 7) is 9.33. The van der Waals surface area contributed by atoms with Gasteiger partial charge in [-0.25, -0.2) is 0 Å². The average Bonchev–Trinajstić information content (AvgIpc) is 2.93. The van der Waals surface area contributed by atoms with Gasteiger partial charge >= 0.3 is 0 Å². The molecule has 0 fully saturated rings. The summed E-state index contributed by atoms with van der Waals surface area (Å²) in [6, 6.07) is 16.3. The molecule has 0 unspecified atom stereocenters. The van der Waals surface area contributed by atoms with Crippen LogP contribution < -0.4 is 10.1 Å². The second-order valence-electron chi connectivity index (χ2n) is 10.2. The van der Waals surface area contributed by atoms with Crippen molar-refractivity contribution in [2.45, 2.75) is 72.6 Å². The van der Waals surface area contributed by atoms with Crippen molar-refractivity contribution in [2.75, 3.05) is 13.7 Å². The van der Waals surface area contributed by atoms with Crippen LogP contribution in [0.2, 0.25) is 0 Å². The number of hydrogen-bond donors (Lipinski definition) is 1. The van der Waals surface area contributed by atoms with Crippen LogP contribution in [0.1, 0.15) is 83.4 Å². The van der Waals surface area contributed by atoms with Gasteiger partial charge in [0.25, 0.3) is 5.91 Å². The second-order valence-corrected chi connectivity index (χ2v) is 10.2. The third-order valence-corrected chi connectivity index (χ3v) is 7.41. The number of nitrogens with zero attached hydrogens (tertiary/aromatic N) is 1. The van der Waals surface area contributed by atoms with Crippen molar-refractivity contribution in [3.8, 4) is 5.75 Å². The maximum atomic E-state index is 12.9. The van der Waals surface area contributed by atoms with E-state index in [1.54, 1.807) is 13.2 Å². The van der Waals surface area contributed by atoms with Crippen LogP contribution >= 0.6 is 0 Å². The van der Waals surface area contributed by atoms with Gasteiger partial charge in [0, 0.05) is 31.6 Å². The summed E-state index contributed by atoms with van der Waals surface area (Å²) in [4.78, 5) is 28.9. The summed E-state index contributed by atoms with van der Waals surface area (Å²) >= 11 is 0. The normalized spacial score (nSPS) is 11.0. The molecule has 2 aromatic carbocycles. The topological polar surface area (TPSA) is 68.3 Å². The van der Waals surface area contributed by atoms with E-state index >= 15 is 0 Å². The van der Waals surface area contributed by atoms with Crippen molar-refractivity contribution in [3.63, 3.8) is 0 Å². The lowest BCUT2D eigenvalue weighted by Gasteiger charge is -2.16. The van der Waals surface area contributed by atoms with Crippen LogP contribution in [-0.4, -0.2) is 30.3 Å². The van der Waals surface area contributed by atoms with Gasteiger partial charge in [0.05, 0.1) is 6.61 Å². The number of rotatable bonds is 14. The van der Waals surface area contributed by atoms with Crippen LogP contribution in [0.4, 0.5) is 0 Å². The fourth-order valence-corrected chi connectivity index (χ4v) is 4.64. The van der Waals surface area contributed by atoms with Crippen molar-refractivity contribution >= 4 is 11.7 Å². The standard InChI is InChI=1S/C33H42N2O3/c1-6-25(7-2)15-17-38-32-19-24(4)23(3)18-29(32)22-30(36)13-12-26-8-10-27(11-9-26)20-28-14-16-35-31(21-28)33(37)34-5/h8-11,14,16,18-19,21,25H,6-7,12-13,15,17,20,22H2,1-5H3,(H,34,37). The van der Waals surface area contributed by atoms with Crippen LogP contribution in [0.15, 0.2) is 54.7 Å². The molecule has 0 radical (unpaired) electrons.